The Kier molecular flexibility index (Phi) is 3.75. The van der Waals surface area contributed by atoms with Crippen LogP contribution in [0.2, 0.25) is 5.02 Å². The van der Waals surface area contributed by atoms with E-state index in [0.717, 1.165) is 10.8 Å². The molecule has 0 atom stereocenters. The molecule has 1 radical (unpaired) electrons. The Labute approximate surface area is 103 Å². The summed E-state index contributed by atoms with van der Waals surface area (Å²) in [5.41, 5.74) is 1.27. The summed E-state index contributed by atoms with van der Waals surface area (Å²) in [7, 11) is 1.67. The van der Waals surface area contributed by atoms with Crippen molar-refractivity contribution < 1.29 is 4.74 Å². The standard InChI is InChI=1S/C14H18ClO/c1-10-3-5-11(6-4-10)13-8-7-12(16-2)9-14(13)15/h7-11H,1,3-6H2,2H3. The lowest BCUT2D eigenvalue weighted by molar-refractivity contribution is 0.373. The van der Waals surface area contributed by atoms with Gasteiger partial charge in [-0.05, 0) is 55.2 Å². The van der Waals surface area contributed by atoms with Gasteiger partial charge >= 0.3 is 0 Å². The molecule has 0 bridgehead atoms. The van der Waals surface area contributed by atoms with Crippen molar-refractivity contribution in [1.29, 1.82) is 0 Å². The molecule has 0 N–H and O–H groups in total. The lowest BCUT2D eigenvalue weighted by atomic mass is 9.79. The second-order valence-corrected chi connectivity index (χ2v) is 5.01. The van der Waals surface area contributed by atoms with Gasteiger partial charge in [0, 0.05) is 5.02 Å². The van der Waals surface area contributed by atoms with Crippen LogP contribution in [0.25, 0.3) is 0 Å². The van der Waals surface area contributed by atoms with Gasteiger partial charge in [-0.1, -0.05) is 24.6 Å². The van der Waals surface area contributed by atoms with Gasteiger partial charge in [0.25, 0.3) is 0 Å². The summed E-state index contributed by atoms with van der Waals surface area (Å²) in [6.07, 6.45) is 4.85. The second-order valence-electron chi connectivity index (χ2n) is 4.61. The second kappa shape index (κ2) is 5.09. The number of hydrogen-bond donors (Lipinski definition) is 0. The molecule has 1 aromatic rings. The van der Waals surface area contributed by atoms with Crippen LogP contribution in [-0.2, 0) is 0 Å². The molecule has 0 unspecified atom stereocenters. The van der Waals surface area contributed by atoms with Gasteiger partial charge in [0.05, 0.1) is 7.11 Å². The molecule has 2 heteroatoms. The van der Waals surface area contributed by atoms with Gasteiger partial charge in [-0.25, -0.2) is 0 Å². The number of rotatable bonds is 2. The molecule has 0 spiro atoms. The molecular formula is C14H18ClO. The zero-order chi connectivity index (χ0) is 11.5. The van der Waals surface area contributed by atoms with Crippen molar-refractivity contribution in [3.05, 3.63) is 35.7 Å². The highest BCUT2D eigenvalue weighted by Crippen LogP contribution is 2.39. The Morgan fingerprint density at radius 1 is 1.25 bits per heavy atom. The van der Waals surface area contributed by atoms with E-state index in [4.69, 9.17) is 16.3 Å². The Morgan fingerprint density at radius 3 is 2.50 bits per heavy atom. The minimum atomic E-state index is 0.608. The van der Waals surface area contributed by atoms with Gasteiger partial charge in [-0.15, -0.1) is 0 Å². The average Bonchev–Trinajstić information content (AvgIpc) is 2.30. The third-order valence-corrected chi connectivity index (χ3v) is 3.82. The van der Waals surface area contributed by atoms with E-state index in [1.807, 2.05) is 12.1 Å². The maximum absolute atomic E-state index is 6.28. The molecule has 1 aromatic carbocycles. The Hall–Kier alpha value is -0.690. The van der Waals surface area contributed by atoms with Gasteiger partial charge < -0.3 is 4.74 Å². The molecule has 0 aromatic heterocycles. The van der Waals surface area contributed by atoms with E-state index < -0.39 is 0 Å². The van der Waals surface area contributed by atoms with Gasteiger partial charge in [-0.2, -0.15) is 0 Å². The van der Waals surface area contributed by atoms with Crippen LogP contribution in [0, 0.1) is 12.8 Å². The normalized spacial score (nSPS) is 25.4. The predicted octanol–water partition coefficient (Wildman–Crippen LogP) is 4.46. The van der Waals surface area contributed by atoms with Crippen molar-refractivity contribution in [3.8, 4) is 5.75 Å². The minimum Gasteiger partial charge on any atom is -0.497 e. The quantitative estimate of drug-likeness (QED) is 0.738. The van der Waals surface area contributed by atoms with Crippen LogP contribution < -0.4 is 4.74 Å². The molecule has 87 valence electrons. The summed E-state index contributed by atoms with van der Waals surface area (Å²) in [6, 6.07) is 6.01. The third kappa shape index (κ3) is 2.52. The molecule has 0 amide bonds. The smallest absolute Gasteiger partial charge is 0.120 e. The van der Waals surface area contributed by atoms with Crippen LogP contribution in [0.1, 0.15) is 37.2 Å². The predicted molar refractivity (Wildman–Crippen MR) is 68.1 cm³/mol. The molecule has 16 heavy (non-hydrogen) atoms. The first-order valence-corrected chi connectivity index (χ1v) is 6.25. The zero-order valence-electron chi connectivity index (χ0n) is 9.71. The molecule has 0 heterocycles. The highest BCUT2D eigenvalue weighted by atomic mass is 35.5. The summed E-state index contributed by atoms with van der Waals surface area (Å²) in [6.45, 7) is 4.12. The molecular weight excluding hydrogens is 220 g/mol. The summed E-state index contributed by atoms with van der Waals surface area (Å²) in [5.74, 6) is 2.07. The number of benzene rings is 1. The van der Waals surface area contributed by atoms with Crippen LogP contribution in [0.15, 0.2) is 18.2 Å². The van der Waals surface area contributed by atoms with E-state index in [1.165, 1.54) is 31.2 Å². The lowest BCUT2D eigenvalue weighted by Crippen LogP contribution is -2.11. The van der Waals surface area contributed by atoms with Gasteiger partial charge in [0.15, 0.2) is 0 Å². The molecule has 2 rings (SSSR count). The van der Waals surface area contributed by atoms with Crippen LogP contribution in [0.3, 0.4) is 0 Å². The van der Waals surface area contributed by atoms with Crippen LogP contribution in [-0.4, -0.2) is 7.11 Å². The first kappa shape index (κ1) is 11.8. The number of ether oxygens (including phenoxy) is 1. The Bertz CT molecular complexity index is 354. The highest BCUT2D eigenvalue weighted by Gasteiger charge is 2.21. The van der Waals surface area contributed by atoms with Gasteiger partial charge in [0.1, 0.15) is 5.75 Å². The summed E-state index contributed by atoms with van der Waals surface area (Å²) >= 11 is 6.28. The largest absolute Gasteiger partial charge is 0.497 e. The molecule has 1 aliphatic rings. The van der Waals surface area contributed by atoms with Crippen molar-refractivity contribution in [3.63, 3.8) is 0 Å². The fourth-order valence-corrected chi connectivity index (χ4v) is 2.76. The van der Waals surface area contributed by atoms with E-state index in [2.05, 4.69) is 13.0 Å². The fourth-order valence-electron chi connectivity index (χ4n) is 2.44. The topological polar surface area (TPSA) is 9.23 Å². The first-order chi connectivity index (χ1) is 7.70. The van der Waals surface area contributed by atoms with E-state index in [1.54, 1.807) is 7.11 Å². The molecule has 1 nitrogen and oxygen atoms in total. The fraction of sp³-hybridized carbons (Fsp3) is 0.500. The van der Waals surface area contributed by atoms with Crippen molar-refractivity contribution in [1.82, 2.24) is 0 Å². The van der Waals surface area contributed by atoms with E-state index >= 15 is 0 Å². The van der Waals surface area contributed by atoms with Crippen LogP contribution in [0.5, 0.6) is 5.75 Å². The number of methoxy groups -OCH3 is 1. The van der Waals surface area contributed by atoms with Crippen LogP contribution >= 0.6 is 11.6 Å². The van der Waals surface area contributed by atoms with E-state index in [9.17, 15) is 0 Å². The summed E-state index contributed by atoms with van der Waals surface area (Å²) in [5, 5.41) is 0.840. The van der Waals surface area contributed by atoms with Crippen molar-refractivity contribution in [2.45, 2.75) is 31.6 Å². The molecule has 1 fully saturated rings. The minimum absolute atomic E-state index is 0.608. The monoisotopic (exact) mass is 237 g/mol. The Morgan fingerprint density at radius 2 is 1.94 bits per heavy atom. The number of hydrogen-bond acceptors (Lipinski definition) is 1. The zero-order valence-corrected chi connectivity index (χ0v) is 10.5. The molecule has 1 saturated carbocycles. The number of halogens is 1. The first-order valence-electron chi connectivity index (χ1n) is 5.87. The molecule has 1 aliphatic carbocycles. The molecule has 0 aliphatic heterocycles. The van der Waals surface area contributed by atoms with Crippen molar-refractivity contribution in [2.24, 2.45) is 5.92 Å². The van der Waals surface area contributed by atoms with Gasteiger partial charge in [-0.3, -0.25) is 0 Å². The third-order valence-electron chi connectivity index (χ3n) is 3.49. The Balaban J connectivity index is 2.14. The van der Waals surface area contributed by atoms with Crippen molar-refractivity contribution in [2.75, 3.05) is 7.11 Å². The summed E-state index contributed by atoms with van der Waals surface area (Å²) in [4.78, 5) is 0. The highest BCUT2D eigenvalue weighted by molar-refractivity contribution is 6.31. The maximum atomic E-state index is 6.28. The maximum Gasteiger partial charge on any atom is 0.120 e. The van der Waals surface area contributed by atoms with Gasteiger partial charge in [0.2, 0.25) is 0 Å². The van der Waals surface area contributed by atoms with Crippen molar-refractivity contribution >= 4 is 11.6 Å². The van der Waals surface area contributed by atoms with E-state index in [-0.39, 0.29) is 0 Å². The average molecular weight is 238 g/mol. The SMILES string of the molecule is [CH2]C1CCC(c2ccc(OC)cc2Cl)CC1. The van der Waals surface area contributed by atoms with Crippen LogP contribution in [0.4, 0.5) is 0 Å². The summed E-state index contributed by atoms with van der Waals surface area (Å²) < 4.78 is 5.16. The van der Waals surface area contributed by atoms with E-state index in [0.29, 0.717) is 11.8 Å². The lowest BCUT2D eigenvalue weighted by Gasteiger charge is -2.27. The molecule has 0 saturated heterocycles.